The van der Waals surface area contributed by atoms with Crippen LogP contribution in [0.4, 0.5) is 0 Å². The van der Waals surface area contributed by atoms with Gasteiger partial charge in [-0.25, -0.2) is 0 Å². The molecule has 0 aliphatic rings. The first kappa shape index (κ1) is 22.9. The quantitative estimate of drug-likeness (QED) is 0.322. The first-order chi connectivity index (χ1) is 8.60. The zero-order valence-electron chi connectivity index (χ0n) is 12.2. The van der Waals surface area contributed by atoms with Crippen molar-refractivity contribution in [3.8, 4) is 0 Å². The van der Waals surface area contributed by atoms with Crippen molar-refractivity contribution in [2.45, 2.75) is 39.5 Å². The van der Waals surface area contributed by atoms with E-state index in [1.807, 2.05) is 68.5 Å². The molecule has 0 amide bonds. The van der Waals surface area contributed by atoms with Crippen LogP contribution in [0.1, 0.15) is 33.3 Å². The van der Waals surface area contributed by atoms with Crippen molar-refractivity contribution in [1.29, 1.82) is 0 Å². The lowest BCUT2D eigenvalue weighted by molar-refractivity contribution is -0.137. The summed E-state index contributed by atoms with van der Waals surface area (Å²) in [6.07, 6.45) is 0. The van der Waals surface area contributed by atoms with E-state index in [0.29, 0.717) is 4.43 Å². The topological polar surface area (TPSA) is 26.3 Å². The van der Waals surface area contributed by atoms with E-state index in [9.17, 15) is 4.79 Å². The number of benzene rings is 1. The molecule has 0 radical (unpaired) electrons. The largest absolute Gasteiger partial charge is 0.468 e. The van der Waals surface area contributed by atoms with Crippen molar-refractivity contribution in [1.82, 2.24) is 0 Å². The van der Waals surface area contributed by atoms with E-state index in [1.165, 1.54) is 12.7 Å². The number of halogens is 1. The van der Waals surface area contributed by atoms with Gasteiger partial charge >= 0.3 is 5.97 Å². The van der Waals surface area contributed by atoms with E-state index < -0.39 is 0 Å². The van der Waals surface area contributed by atoms with Crippen molar-refractivity contribution >= 4 is 41.2 Å². The highest BCUT2D eigenvalue weighted by Crippen LogP contribution is 2.06. The molecule has 0 atom stereocenters. The zero-order valence-corrected chi connectivity index (χ0v) is 15.2. The van der Waals surface area contributed by atoms with Gasteiger partial charge in [-0.2, -0.15) is 0 Å². The lowest BCUT2D eigenvalue weighted by Gasteiger charge is -1.89. The Balaban J connectivity index is -0.000000201. The fourth-order valence-corrected chi connectivity index (χ4v) is 1.28. The minimum Gasteiger partial charge on any atom is -0.468 e. The van der Waals surface area contributed by atoms with Gasteiger partial charge in [0, 0.05) is 4.90 Å². The van der Waals surface area contributed by atoms with Crippen LogP contribution in [-0.2, 0) is 9.53 Å². The third-order valence-electron chi connectivity index (χ3n) is 1.34. The van der Waals surface area contributed by atoms with E-state index in [4.69, 9.17) is 0 Å². The number of thiol groups is 1. The van der Waals surface area contributed by atoms with E-state index >= 15 is 0 Å². The molecular weight excluding hydrogens is 359 g/mol. The lowest BCUT2D eigenvalue weighted by Crippen LogP contribution is -1.98. The number of hydrogen-bond acceptors (Lipinski definition) is 3. The minimum atomic E-state index is -0.171. The van der Waals surface area contributed by atoms with Crippen molar-refractivity contribution in [3.05, 3.63) is 29.8 Å². The monoisotopic (exact) mass is 384 g/mol. The molecule has 0 aromatic heterocycles. The molecule has 0 aliphatic heterocycles. The summed E-state index contributed by atoms with van der Waals surface area (Å²) in [7, 11) is 1.38. The van der Waals surface area contributed by atoms with Crippen molar-refractivity contribution < 1.29 is 9.53 Å². The SMILES string of the molecule is CC.CC.COC(=O)CI.Cc1cccc(S)c1. The highest BCUT2D eigenvalue weighted by molar-refractivity contribution is 14.1. The number of esters is 1. The van der Waals surface area contributed by atoms with Gasteiger partial charge in [0.2, 0.25) is 0 Å². The van der Waals surface area contributed by atoms with Crippen LogP contribution in [0.3, 0.4) is 0 Å². The Morgan fingerprint density at radius 3 is 1.94 bits per heavy atom. The highest BCUT2D eigenvalue weighted by Gasteiger charge is 1.89. The van der Waals surface area contributed by atoms with Crippen LogP contribution in [0.5, 0.6) is 0 Å². The minimum absolute atomic E-state index is 0.171. The van der Waals surface area contributed by atoms with Crippen LogP contribution in [0.25, 0.3) is 0 Å². The molecule has 106 valence electrons. The number of methoxy groups -OCH3 is 1. The predicted molar refractivity (Wildman–Crippen MR) is 92.0 cm³/mol. The summed E-state index contributed by atoms with van der Waals surface area (Å²) >= 11 is 6.09. The van der Waals surface area contributed by atoms with Gasteiger partial charge in [-0.3, -0.25) is 4.79 Å². The highest BCUT2D eigenvalue weighted by atomic mass is 127. The van der Waals surface area contributed by atoms with Crippen LogP contribution in [0.2, 0.25) is 0 Å². The standard InChI is InChI=1S/C7H8S.C3H5IO2.2C2H6/c1-6-3-2-4-7(8)5-6;1-6-3(5)2-4;2*1-2/h2-5,8H,1H3;2H2,1H3;2*1-2H3. The van der Waals surface area contributed by atoms with Gasteiger partial charge in [-0.05, 0) is 19.1 Å². The van der Waals surface area contributed by atoms with E-state index in [1.54, 1.807) is 0 Å². The number of carbonyl (C=O) groups excluding carboxylic acids is 1. The first-order valence-electron chi connectivity index (χ1n) is 5.98. The molecule has 0 fully saturated rings. The lowest BCUT2D eigenvalue weighted by atomic mass is 10.2. The number of rotatable bonds is 1. The third kappa shape index (κ3) is 18.1. The molecule has 0 aliphatic carbocycles. The molecule has 0 bridgehead atoms. The first-order valence-corrected chi connectivity index (χ1v) is 7.96. The Kier molecular flexibility index (Phi) is 24.3. The molecular formula is C14H25IO2S. The molecule has 1 aromatic carbocycles. The van der Waals surface area contributed by atoms with Gasteiger partial charge in [0.05, 0.1) is 11.5 Å². The van der Waals surface area contributed by atoms with E-state index in [2.05, 4.69) is 30.4 Å². The Morgan fingerprint density at radius 1 is 1.28 bits per heavy atom. The third-order valence-corrected chi connectivity index (χ3v) is 2.24. The second kappa shape index (κ2) is 19.1. The average Bonchev–Trinajstić information content (AvgIpc) is 2.43. The van der Waals surface area contributed by atoms with Gasteiger partial charge in [-0.1, -0.05) is 68.0 Å². The average molecular weight is 384 g/mol. The predicted octanol–water partition coefficient (Wildman–Crippen LogP) is 4.93. The fraction of sp³-hybridized carbons (Fsp3) is 0.500. The molecule has 0 saturated carbocycles. The molecule has 1 aromatic rings. The molecule has 1 rings (SSSR count). The maximum absolute atomic E-state index is 9.95. The molecule has 0 heterocycles. The summed E-state index contributed by atoms with van der Waals surface area (Å²) in [4.78, 5) is 11.0. The number of hydrogen-bond donors (Lipinski definition) is 1. The Labute approximate surface area is 131 Å². The zero-order chi connectivity index (χ0) is 15.0. The molecule has 0 saturated heterocycles. The molecule has 18 heavy (non-hydrogen) atoms. The van der Waals surface area contributed by atoms with Crippen LogP contribution >= 0.6 is 35.2 Å². The molecule has 4 heteroatoms. The maximum Gasteiger partial charge on any atom is 0.315 e. The summed E-state index contributed by atoms with van der Waals surface area (Å²) in [5.74, 6) is -0.171. The molecule has 2 nitrogen and oxygen atoms in total. The number of aryl methyl sites for hydroxylation is 1. The normalized spacial score (nSPS) is 7.33. The maximum atomic E-state index is 9.95. The second-order valence-electron chi connectivity index (χ2n) is 2.55. The summed E-state index contributed by atoms with van der Waals surface area (Å²) < 4.78 is 4.69. The Bertz CT molecular complexity index is 268. The summed E-state index contributed by atoms with van der Waals surface area (Å²) in [5.41, 5.74) is 1.26. The second-order valence-corrected chi connectivity index (χ2v) is 3.83. The van der Waals surface area contributed by atoms with Crippen LogP contribution < -0.4 is 0 Å². The molecule has 0 N–H and O–H groups in total. The Morgan fingerprint density at radius 2 is 1.78 bits per heavy atom. The number of alkyl halides is 1. The number of carbonyl (C=O) groups is 1. The van der Waals surface area contributed by atoms with Gasteiger partial charge in [0.25, 0.3) is 0 Å². The van der Waals surface area contributed by atoms with Gasteiger partial charge in [0.15, 0.2) is 0 Å². The summed E-state index contributed by atoms with van der Waals surface area (Å²) in [6.45, 7) is 10.1. The van der Waals surface area contributed by atoms with Crippen molar-refractivity contribution in [3.63, 3.8) is 0 Å². The summed E-state index contributed by atoms with van der Waals surface area (Å²) in [6, 6.07) is 8.05. The Hall–Kier alpha value is -0.230. The molecule has 0 spiro atoms. The van der Waals surface area contributed by atoms with Gasteiger partial charge in [-0.15, -0.1) is 12.6 Å². The van der Waals surface area contributed by atoms with E-state index in [0.717, 1.165) is 4.90 Å². The van der Waals surface area contributed by atoms with Crippen molar-refractivity contribution in [2.24, 2.45) is 0 Å². The summed E-state index contributed by atoms with van der Waals surface area (Å²) in [5, 5.41) is 0. The smallest absolute Gasteiger partial charge is 0.315 e. The van der Waals surface area contributed by atoms with Crippen LogP contribution in [-0.4, -0.2) is 17.5 Å². The molecule has 0 unspecified atom stereocenters. The van der Waals surface area contributed by atoms with Crippen LogP contribution in [0.15, 0.2) is 29.2 Å². The fourth-order valence-electron chi connectivity index (χ4n) is 0.683. The number of ether oxygens (including phenoxy) is 1. The van der Waals surface area contributed by atoms with Crippen LogP contribution in [0, 0.1) is 6.92 Å². The van der Waals surface area contributed by atoms with E-state index in [-0.39, 0.29) is 5.97 Å². The van der Waals surface area contributed by atoms with Gasteiger partial charge in [0.1, 0.15) is 0 Å². The van der Waals surface area contributed by atoms with Gasteiger partial charge < -0.3 is 4.74 Å². The van der Waals surface area contributed by atoms with Crippen molar-refractivity contribution in [2.75, 3.05) is 11.5 Å².